The van der Waals surface area contributed by atoms with E-state index in [1.165, 1.54) is 19.5 Å². The maximum absolute atomic E-state index is 12.8. The molecule has 0 spiro atoms. The van der Waals surface area contributed by atoms with E-state index in [1.54, 1.807) is 44.2 Å². The quantitative estimate of drug-likeness (QED) is 0.290. The zero-order chi connectivity index (χ0) is 27.9. The lowest BCUT2D eigenvalue weighted by atomic mass is 10.2. The first kappa shape index (κ1) is 29.1. The van der Waals surface area contributed by atoms with Crippen molar-refractivity contribution in [1.29, 1.82) is 0 Å². The molecule has 0 aliphatic rings. The van der Waals surface area contributed by atoms with Crippen LogP contribution >= 0.6 is 11.6 Å². The fourth-order valence-electron chi connectivity index (χ4n) is 3.42. The number of amides is 1. The highest BCUT2D eigenvalue weighted by Crippen LogP contribution is 2.32. The molecule has 0 bridgehead atoms. The molecule has 0 aliphatic carbocycles. The number of pyridine rings is 1. The minimum absolute atomic E-state index is 0.0977. The number of ether oxygens (including phenoxy) is 1. The number of hydrogen-bond acceptors (Lipinski definition) is 10. The van der Waals surface area contributed by atoms with Gasteiger partial charge in [0.1, 0.15) is 10.8 Å². The van der Waals surface area contributed by atoms with E-state index in [1.807, 2.05) is 18.7 Å². The molecule has 0 saturated carbocycles. The van der Waals surface area contributed by atoms with Crippen LogP contribution in [0.15, 0.2) is 47.8 Å². The van der Waals surface area contributed by atoms with Crippen LogP contribution < -0.4 is 20.7 Å². The summed E-state index contributed by atoms with van der Waals surface area (Å²) < 4.78 is 31.0. The Bertz CT molecular complexity index is 1380. The number of nitrogens with zero attached hydrogens (tertiary/aromatic N) is 4. The highest BCUT2D eigenvalue weighted by molar-refractivity contribution is 7.92. The Morgan fingerprint density at radius 3 is 2.50 bits per heavy atom. The van der Waals surface area contributed by atoms with Gasteiger partial charge in [-0.25, -0.2) is 18.4 Å². The van der Waals surface area contributed by atoms with Gasteiger partial charge in [0, 0.05) is 18.0 Å². The summed E-state index contributed by atoms with van der Waals surface area (Å²) in [6.45, 7) is 9.03. The van der Waals surface area contributed by atoms with Crippen molar-refractivity contribution in [3.8, 4) is 5.75 Å². The van der Waals surface area contributed by atoms with Crippen molar-refractivity contribution in [1.82, 2.24) is 19.9 Å². The number of aromatic nitrogens is 3. The summed E-state index contributed by atoms with van der Waals surface area (Å²) in [5, 5.41) is 8.34. The van der Waals surface area contributed by atoms with E-state index in [0.29, 0.717) is 23.7 Å². The summed E-state index contributed by atoms with van der Waals surface area (Å²) in [5.74, 6) is 0.709. The summed E-state index contributed by atoms with van der Waals surface area (Å²) in [7, 11) is -2.15. The number of carbonyl (C=O) groups excluding carboxylic acids is 1. The first-order valence-corrected chi connectivity index (χ1v) is 14.0. The van der Waals surface area contributed by atoms with E-state index >= 15 is 0 Å². The zero-order valence-electron chi connectivity index (χ0n) is 21.9. The van der Waals surface area contributed by atoms with Crippen LogP contribution in [0.2, 0.25) is 5.02 Å². The minimum atomic E-state index is -3.66. The van der Waals surface area contributed by atoms with Gasteiger partial charge in [0.2, 0.25) is 11.9 Å². The van der Waals surface area contributed by atoms with E-state index in [4.69, 9.17) is 16.3 Å². The average Bonchev–Trinajstić information content (AvgIpc) is 2.90. The number of sulfone groups is 1. The molecule has 13 heteroatoms. The van der Waals surface area contributed by atoms with E-state index in [0.717, 1.165) is 13.1 Å². The van der Waals surface area contributed by atoms with Crippen LogP contribution in [0.4, 0.5) is 28.8 Å². The third-order valence-electron chi connectivity index (χ3n) is 5.65. The van der Waals surface area contributed by atoms with Gasteiger partial charge in [-0.2, -0.15) is 4.98 Å². The molecule has 1 amide bonds. The second-order valence-electron chi connectivity index (χ2n) is 8.51. The second kappa shape index (κ2) is 12.9. The molecular weight excluding hydrogens is 530 g/mol. The average molecular weight is 562 g/mol. The Labute approximate surface area is 227 Å². The van der Waals surface area contributed by atoms with Gasteiger partial charge in [0.15, 0.2) is 20.7 Å². The minimum Gasteiger partial charge on any atom is -0.494 e. The summed E-state index contributed by atoms with van der Waals surface area (Å²) in [6.07, 6.45) is 2.80. The molecule has 0 fully saturated rings. The molecule has 204 valence electrons. The largest absolute Gasteiger partial charge is 0.494 e. The lowest BCUT2D eigenvalue weighted by Crippen LogP contribution is -2.32. The molecule has 38 heavy (non-hydrogen) atoms. The van der Waals surface area contributed by atoms with Gasteiger partial charge < -0.3 is 20.7 Å². The predicted molar refractivity (Wildman–Crippen MR) is 150 cm³/mol. The smallest absolute Gasteiger partial charge is 0.238 e. The van der Waals surface area contributed by atoms with Crippen molar-refractivity contribution in [3.05, 3.63) is 47.7 Å². The molecule has 3 rings (SSSR count). The Balaban J connectivity index is 1.82. The third-order valence-corrected chi connectivity index (χ3v) is 8.03. The van der Waals surface area contributed by atoms with Crippen LogP contribution in [0.5, 0.6) is 5.75 Å². The number of benzene rings is 1. The first-order chi connectivity index (χ1) is 18.1. The van der Waals surface area contributed by atoms with Crippen molar-refractivity contribution < 1.29 is 17.9 Å². The molecule has 3 N–H and O–H groups in total. The molecule has 0 unspecified atom stereocenters. The number of hydrogen-bond donors (Lipinski definition) is 3. The van der Waals surface area contributed by atoms with Crippen LogP contribution in [0.1, 0.15) is 27.7 Å². The van der Waals surface area contributed by atoms with E-state index in [2.05, 4.69) is 30.9 Å². The van der Waals surface area contributed by atoms with Crippen molar-refractivity contribution >= 4 is 56.2 Å². The maximum atomic E-state index is 12.8. The molecule has 3 aromatic rings. The van der Waals surface area contributed by atoms with Crippen LogP contribution in [-0.2, 0) is 14.6 Å². The standard InChI is InChI=1S/C25H32ClN7O4S/c1-6-33(7-2)15-22(34)29-17-10-11-19(21(13-17)37-5)31-25-28-14-18(26)23(32-25)30-20-9-8-12-27-24(20)38(35,36)16(3)4/h8-14,16H,6-7,15H2,1-5H3,(H,29,34)(H2,28,30,31,32). The normalized spacial score (nSPS) is 11.5. The summed E-state index contributed by atoms with van der Waals surface area (Å²) in [4.78, 5) is 27.1. The molecule has 2 aromatic heterocycles. The molecule has 1 aromatic carbocycles. The Kier molecular flexibility index (Phi) is 9.84. The monoisotopic (exact) mass is 561 g/mol. The van der Waals surface area contributed by atoms with Gasteiger partial charge in [-0.15, -0.1) is 0 Å². The molecular formula is C25H32ClN7O4S. The molecule has 11 nitrogen and oxygen atoms in total. The number of halogens is 1. The van der Waals surface area contributed by atoms with Gasteiger partial charge in [-0.05, 0) is 51.2 Å². The van der Waals surface area contributed by atoms with E-state index in [-0.39, 0.29) is 33.4 Å². The van der Waals surface area contributed by atoms with Crippen LogP contribution in [0.25, 0.3) is 0 Å². The van der Waals surface area contributed by atoms with Gasteiger partial charge >= 0.3 is 0 Å². The van der Waals surface area contributed by atoms with Gasteiger partial charge in [0.05, 0.1) is 36.5 Å². The molecule has 0 atom stereocenters. The van der Waals surface area contributed by atoms with Crippen molar-refractivity contribution in [3.63, 3.8) is 0 Å². The Hall–Kier alpha value is -3.48. The van der Waals surface area contributed by atoms with Gasteiger partial charge in [-0.1, -0.05) is 25.4 Å². The lowest BCUT2D eigenvalue weighted by molar-refractivity contribution is -0.117. The molecule has 2 heterocycles. The zero-order valence-corrected chi connectivity index (χ0v) is 23.5. The summed E-state index contributed by atoms with van der Waals surface area (Å²) >= 11 is 6.31. The lowest BCUT2D eigenvalue weighted by Gasteiger charge is -2.18. The topological polar surface area (TPSA) is 138 Å². The fraction of sp³-hybridized carbons (Fsp3) is 0.360. The molecule has 0 aliphatic heterocycles. The second-order valence-corrected chi connectivity index (χ2v) is 11.3. The fourth-order valence-corrected chi connectivity index (χ4v) is 4.64. The Morgan fingerprint density at radius 2 is 1.84 bits per heavy atom. The number of carbonyl (C=O) groups is 1. The van der Waals surface area contributed by atoms with Crippen molar-refractivity contribution in [2.45, 2.75) is 38.0 Å². The predicted octanol–water partition coefficient (Wildman–Crippen LogP) is 4.48. The van der Waals surface area contributed by atoms with Crippen LogP contribution in [0, 0.1) is 0 Å². The number of likely N-dealkylation sites (N-methyl/N-ethyl adjacent to an activating group) is 1. The molecule has 0 radical (unpaired) electrons. The van der Waals surface area contributed by atoms with Crippen molar-refractivity contribution in [2.75, 3.05) is 42.7 Å². The summed E-state index contributed by atoms with van der Waals surface area (Å²) in [6, 6.07) is 8.35. The summed E-state index contributed by atoms with van der Waals surface area (Å²) in [5.41, 5.74) is 1.38. The first-order valence-electron chi connectivity index (χ1n) is 12.0. The number of anilines is 5. The SMILES string of the molecule is CCN(CC)CC(=O)Nc1ccc(Nc2ncc(Cl)c(Nc3cccnc3S(=O)(=O)C(C)C)n2)c(OC)c1. The Morgan fingerprint density at radius 1 is 1.11 bits per heavy atom. The third kappa shape index (κ3) is 7.09. The van der Waals surface area contributed by atoms with Gasteiger partial charge in [0.25, 0.3) is 0 Å². The van der Waals surface area contributed by atoms with Crippen LogP contribution in [-0.4, -0.2) is 66.2 Å². The van der Waals surface area contributed by atoms with Crippen LogP contribution in [0.3, 0.4) is 0 Å². The van der Waals surface area contributed by atoms with E-state index < -0.39 is 15.1 Å². The highest BCUT2D eigenvalue weighted by Gasteiger charge is 2.25. The number of nitrogens with one attached hydrogen (secondary N) is 3. The number of rotatable bonds is 12. The van der Waals surface area contributed by atoms with Gasteiger partial charge in [-0.3, -0.25) is 9.69 Å². The van der Waals surface area contributed by atoms with Crippen molar-refractivity contribution in [2.24, 2.45) is 0 Å². The van der Waals surface area contributed by atoms with E-state index in [9.17, 15) is 13.2 Å². The maximum Gasteiger partial charge on any atom is 0.238 e. The highest BCUT2D eigenvalue weighted by atomic mass is 35.5. The molecule has 0 saturated heterocycles. The number of methoxy groups -OCH3 is 1.